The Bertz CT molecular complexity index is 485. The molecule has 7 heteroatoms. The van der Waals surface area contributed by atoms with Crippen LogP contribution in [0.1, 0.15) is 12.8 Å². The molecule has 5 nitrogen and oxygen atoms in total. The van der Waals surface area contributed by atoms with Crippen molar-refractivity contribution in [3.8, 4) is 0 Å². The van der Waals surface area contributed by atoms with Gasteiger partial charge in [-0.25, -0.2) is 0 Å². The highest BCUT2D eigenvalue weighted by Crippen LogP contribution is 2.39. The second kappa shape index (κ2) is 4.21. The lowest BCUT2D eigenvalue weighted by molar-refractivity contribution is -0.138. The van der Waals surface area contributed by atoms with Crippen LogP contribution in [0.25, 0.3) is 0 Å². The first-order valence-electron chi connectivity index (χ1n) is 6.15. The molecule has 19 heavy (non-hydrogen) atoms. The summed E-state index contributed by atoms with van der Waals surface area (Å²) in [5, 5.41) is 0.604. The highest BCUT2D eigenvalue weighted by molar-refractivity contribution is 8.00. The van der Waals surface area contributed by atoms with Crippen LogP contribution >= 0.6 is 23.5 Å². The number of rotatable bonds is 2. The molecular weight excluding hydrogens is 284 g/mol. The van der Waals surface area contributed by atoms with Crippen molar-refractivity contribution in [1.82, 2.24) is 9.80 Å². The minimum atomic E-state index is 0.156. The third-order valence-corrected chi connectivity index (χ3v) is 6.02. The third-order valence-electron chi connectivity index (χ3n) is 3.56. The SMILES string of the molecule is O=C1C[C@@H]2SCC(OC3=CN4C(=O)C[C@@H]4SC3)=CN12. The Morgan fingerprint density at radius 2 is 1.42 bits per heavy atom. The van der Waals surface area contributed by atoms with Crippen molar-refractivity contribution in [2.45, 2.75) is 23.6 Å². The van der Waals surface area contributed by atoms with Crippen LogP contribution in [0.3, 0.4) is 0 Å². The van der Waals surface area contributed by atoms with Crippen LogP contribution in [0, 0.1) is 0 Å². The molecule has 2 atom stereocenters. The smallest absolute Gasteiger partial charge is 0.230 e. The van der Waals surface area contributed by atoms with Crippen molar-refractivity contribution in [1.29, 1.82) is 0 Å². The molecule has 4 heterocycles. The Morgan fingerprint density at radius 3 is 1.84 bits per heavy atom. The Kier molecular flexibility index (Phi) is 2.60. The van der Waals surface area contributed by atoms with Gasteiger partial charge in [0.2, 0.25) is 11.8 Å². The molecule has 100 valence electrons. The van der Waals surface area contributed by atoms with Gasteiger partial charge in [-0.15, -0.1) is 23.5 Å². The first-order chi connectivity index (χ1) is 9.20. The normalized spacial score (nSPS) is 32.6. The van der Waals surface area contributed by atoms with Crippen molar-refractivity contribution in [2.75, 3.05) is 11.5 Å². The summed E-state index contributed by atoms with van der Waals surface area (Å²) >= 11 is 3.45. The Balaban J connectivity index is 1.47. The van der Waals surface area contributed by atoms with Gasteiger partial charge in [-0.2, -0.15) is 0 Å². The minimum absolute atomic E-state index is 0.156. The zero-order chi connectivity index (χ0) is 13.0. The standard InChI is InChI=1S/C12H12N2O3S2/c15-9-1-11-13(9)3-7(5-18-11)17-8-4-14-10(16)2-12(14)19-6-8/h3-4,11-12H,1-2,5-6H2/t11-,12-/m0/s1. The summed E-state index contributed by atoms with van der Waals surface area (Å²) in [5.41, 5.74) is 0. The lowest BCUT2D eigenvalue weighted by Crippen LogP contribution is -2.50. The van der Waals surface area contributed by atoms with E-state index in [1.165, 1.54) is 0 Å². The molecule has 0 saturated carbocycles. The minimum Gasteiger partial charge on any atom is -0.461 e. The highest BCUT2D eigenvalue weighted by atomic mass is 32.2. The zero-order valence-electron chi connectivity index (χ0n) is 10.1. The van der Waals surface area contributed by atoms with Crippen LogP contribution in [0.2, 0.25) is 0 Å². The molecule has 4 aliphatic rings. The second-order valence-corrected chi connectivity index (χ2v) is 7.17. The van der Waals surface area contributed by atoms with E-state index in [0.717, 1.165) is 23.0 Å². The van der Waals surface area contributed by atoms with Crippen molar-refractivity contribution < 1.29 is 14.3 Å². The number of amides is 2. The van der Waals surface area contributed by atoms with E-state index in [0.29, 0.717) is 23.6 Å². The van der Waals surface area contributed by atoms with E-state index in [1.54, 1.807) is 33.3 Å². The van der Waals surface area contributed by atoms with Crippen molar-refractivity contribution in [3.05, 3.63) is 23.9 Å². The van der Waals surface area contributed by atoms with E-state index in [9.17, 15) is 9.59 Å². The fourth-order valence-electron chi connectivity index (χ4n) is 2.41. The number of hydrogen-bond acceptors (Lipinski definition) is 5. The number of thioether (sulfide) groups is 2. The van der Waals surface area contributed by atoms with Crippen LogP contribution in [0.5, 0.6) is 0 Å². The van der Waals surface area contributed by atoms with Gasteiger partial charge >= 0.3 is 0 Å². The summed E-state index contributed by atoms with van der Waals surface area (Å²) in [7, 11) is 0. The van der Waals surface area contributed by atoms with E-state index < -0.39 is 0 Å². The highest BCUT2D eigenvalue weighted by Gasteiger charge is 2.40. The fourth-order valence-corrected chi connectivity index (χ4v) is 4.59. The van der Waals surface area contributed by atoms with E-state index in [1.807, 2.05) is 12.4 Å². The molecule has 0 bridgehead atoms. The van der Waals surface area contributed by atoms with Crippen LogP contribution in [-0.4, -0.2) is 43.9 Å². The molecule has 4 aliphatic heterocycles. The maximum absolute atomic E-state index is 11.4. The van der Waals surface area contributed by atoms with Crippen molar-refractivity contribution in [2.24, 2.45) is 0 Å². The third kappa shape index (κ3) is 1.87. The predicted molar refractivity (Wildman–Crippen MR) is 72.7 cm³/mol. The molecule has 2 amide bonds. The van der Waals surface area contributed by atoms with Crippen LogP contribution in [0.15, 0.2) is 23.9 Å². The van der Waals surface area contributed by atoms with Gasteiger partial charge in [0.05, 0.1) is 35.1 Å². The summed E-state index contributed by atoms with van der Waals surface area (Å²) in [5.74, 6) is 3.48. The van der Waals surface area contributed by atoms with Crippen LogP contribution in [-0.2, 0) is 14.3 Å². The molecule has 0 unspecified atom stereocenters. The fraction of sp³-hybridized carbons (Fsp3) is 0.500. The summed E-state index contributed by atoms with van der Waals surface area (Å²) in [4.78, 5) is 26.2. The number of carbonyl (C=O) groups is 2. The number of β-lactam (4-membered cyclic amide) rings is 2. The van der Waals surface area contributed by atoms with E-state index in [-0.39, 0.29) is 11.8 Å². The average molecular weight is 296 g/mol. The van der Waals surface area contributed by atoms with E-state index in [2.05, 4.69) is 0 Å². The summed E-state index contributed by atoms with van der Waals surface area (Å²) < 4.78 is 5.83. The largest absolute Gasteiger partial charge is 0.461 e. The van der Waals surface area contributed by atoms with Crippen LogP contribution in [0.4, 0.5) is 0 Å². The number of fused-ring (bicyclic) bond motifs is 2. The topological polar surface area (TPSA) is 49.9 Å². The number of ether oxygens (including phenoxy) is 1. The Labute approximate surface area is 119 Å². The molecule has 0 radical (unpaired) electrons. The van der Waals surface area contributed by atoms with Crippen molar-refractivity contribution in [3.63, 3.8) is 0 Å². The number of hydrogen-bond donors (Lipinski definition) is 0. The maximum Gasteiger partial charge on any atom is 0.230 e. The quantitative estimate of drug-likeness (QED) is 0.719. The molecule has 0 N–H and O–H groups in total. The molecule has 0 aromatic rings. The molecular formula is C12H12N2O3S2. The van der Waals surface area contributed by atoms with Gasteiger partial charge in [0.1, 0.15) is 11.5 Å². The average Bonchev–Trinajstić information content (AvgIpc) is 2.40. The van der Waals surface area contributed by atoms with E-state index >= 15 is 0 Å². The summed E-state index contributed by atoms with van der Waals surface area (Å²) in [6.45, 7) is 0. The summed E-state index contributed by atoms with van der Waals surface area (Å²) in [6, 6.07) is 0. The lowest BCUT2D eigenvalue weighted by Gasteiger charge is -2.42. The molecule has 0 aliphatic carbocycles. The summed E-state index contributed by atoms with van der Waals surface area (Å²) in [6.07, 6.45) is 4.89. The first-order valence-corrected chi connectivity index (χ1v) is 8.25. The Hall–Kier alpha value is -1.08. The number of nitrogens with zero attached hydrogens (tertiary/aromatic N) is 2. The molecule has 0 aromatic heterocycles. The maximum atomic E-state index is 11.4. The zero-order valence-corrected chi connectivity index (χ0v) is 11.7. The van der Waals surface area contributed by atoms with Gasteiger partial charge in [0.25, 0.3) is 0 Å². The molecule has 2 saturated heterocycles. The monoisotopic (exact) mass is 296 g/mol. The van der Waals surface area contributed by atoms with Gasteiger partial charge < -0.3 is 14.5 Å². The van der Waals surface area contributed by atoms with Gasteiger partial charge in [0, 0.05) is 12.4 Å². The van der Waals surface area contributed by atoms with Gasteiger partial charge in [-0.05, 0) is 0 Å². The van der Waals surface area contributed by atoms with Gasteiger partial charge in [0.15, 0.2) is 0 Å². The molecule has 0 spiro atoms. The Morgan fingerprint density at radius 1 is 0.947 bits per heavy atom. The molecule has 0 aromatic carbocycles. The van der Waals surface area contributed by atoms with Gasteiger partial charge in [-0.1, -0.05) is 0 Å². The second-order valence-electron chi connectivity index (χ2n) is 4.83. The molecule has 2 fully saturated rings. The van der Waals surface area contributed by atoms with E-state index in [4.69, 9.17) is 4.74 Å². The first kappa shape index (κ1) is 11.7. The van der Waals surface area contributed by atoms with Crippen molar-refractivity contribution >= 4 is 35.3 Å². The van der Waals surface area contributed by atoms with Crippen LogP contribution < -0.4 is 0 Å². The predicted octanol–water partition coefficient (Wildman–Crippen LogP) is 1.30. The lowest BCUT2D eigenvalue weighted by atomic mass is 10.2. The molecule has 4 rings (SSSR count). The van der Waals surface area contributed by atoms with Gasteiger partial charge in [-0.3, -0.25) is 9.59 Å². The number of carbonyl (C=O) groups excluding carboxylic acids is 2.